The van der Waals surface area contributed by atoms with E-state index >= 15 is 0 Å². The third kappa shape index (κ3) is 5.52. The van der Waals surface area contributed by atoms with Crippen LogP contribution in [0.25, 0.3) is 10.9 Å². The van der Waals surface area contributed by atoms with Crippen molar-refractivity contribution in [3.05, 3.63) is 102 Å². The Labute approximate surface area is 230 Å². The smallest absolute Gasteiger partial charge is 0.264 e. The summed E-state index contributed by atoms with van der Waals surface area (Å²) in [5.41, 5.74) is 0.950. The zero-order valence-corrected chi connectivity index (χ0v) is 22.6. The Morgan fingerprint density at radius 2 is 1.65 bits per heavy atom. The molecule has 1 N–H and O–H groups in total. The number of hydrogen-bond donors (Lipinski definition) is 1. The molecular formula is C29H27F3N4O3S. The van der Waals surface area contributed by atoms with Gasteiger partial charge in [0.1, 0.15) is 10.7 Å². The highest BCUT2D eigenvalue weighted by atomic mass is 32.2. The largest absolute Gasteiger partial charge is 0.331 e. The number of para-hydroxylation sites is 1. The maximum Gasteiger partial charge on any atom is 0.264 e. The highest BCUT2D eigenvalue weighted by molar-refractivity contribution is 7.93. The molecule has 0 saturated carbocycles. The number of amides is 1. The van der Waals surface area contributed by atoms with Crippen molar-refractivity contribution in [1.29, 1.82) is 0 Å². The van der Waals surface area contributed by atoms with Crippen LogP contribution in [0.3, 0.4) is 0 Å². The summed E-state index contributed by atoms with van der Waals surface area (Å²) in [6.07, 6.45) is 1.53. The molecule has 3 aromatic carbocycles. The Morgan fingerprint density at radius 3 is 2.35 bits per heavy atom. The number of halogens is 3. The van der Waals surface area contributed by atoms with E-state index in [4.69, 9.17) is 0 Å². The fourth-order valence-corrected chi connectivity index (χ4v) is 6.50. The Morgan fingerprint density at radius 1 is 0.975 bits per heavy atom. The molecular weight excluding hydrogens is 541 g/mol. The van der Waals surface area contributed by atoms with Gasteiger partial charge in [-0.3, -0.25) is 19.4 Å². The highest BCUT2D eigenvalue weighted by Crippen LogP contribution is 2.26. The van der Waals surface area contributed by atoms with E-state index in [9.17, 15) is 26.4 Å². The summed E-state index contributed by atoms with van der Waals surface area (Å²) >= 11 is 0. The van der Waals surface area contributed by atoms with Gasteiger partial charge in [0, 0.05) is 66.2 Å². The molecule has 4 aromatic rings. The molecule has 1 fully saturated rings. The van der Waals surface area contributed by atoms with Crippen molar-refractivity contribution in [2.75, 3.05) is 17.8 Å². The summed E-state index contributed by atoms with van der Waals surface area (Å²) in [7, 11) is -3.94. The van der Waals surface area contributed by atoms with Crippen LogP contribution >= 0.6 is 0 Å². The molecule has 7 nitrogen and oxygen atoms in total. The molecule has 11 heteroatoms. The predicted molar refractivity (Wildman–Crippen MR) is 146 cm³/mol. The van der Waals surface area contributed by atoms with Crippen LogP contribution in [-0.2, 0) is 16.6 Å². The van der Waals surface area contributed by atoms with E-state index in [2.05, 4.69) is 9.71 Å². The molecule has 1 saturated heterocycles. The van der Waals surface area contributed by atoms with E-state index in [1.54, 1.807) is 41.3 Å². The predicted octanol–water partition coefficient (Wildman–Crippen LogP) is 5.19. The fourth-order valence-electron chi connectivity index (χ4n) is 5.26. The van der Waals surface area contributed by atoms with Gasteiger partial charge in [0.25, 0.3) is 15.9 Å². The maximum absolute atomic E-state index is 14.2. The molecule has 40 heavy (non-hydrogen) atoms. The minimum atomic E-state index is -3.94. The lowest BCUT2D eigenvalue weighted by Gasteiger charge is -2.44. The van der Waals surface area contributed by atoms with Gasteiger partial charge in [0.15, 0.2) is 11.6 Å². The van der Waals surface area contributed by atoms with Gasteiger partial charge < -0.3 is 4.90 Å². The first-order valence-electron chi connectivity index (χ1n) is 12.7. The molecule has 2 unspecified atom stereocenters. The topological polar surface area (TPSA) is 82.6 Å². The van der Waals surface area contributed by atoms with Gasteiger partial charge in [-0.05, 0) is 56.3 Å². The molecule has 2 heterocycles. The average molecular weight is 569 g/mol. The maximum atomic E-state index is 14.2. The third-order valence-corrected chi connectivity index (χ3v) is 8.37. The summed E-state index contributed by atoms with van der Waals surface area (Å²) in [6.45, 7) is 4.47. The van der Waals surface area contributed by atoms with E-state index in [1.807, 2.05) is 18.7 Å². The lowest BCUT2D eigenvalue weighted by molar-refractivity contribution is 0.0265. The fraction of sp³-hybridized carbons (Fsp3) is 0.241. The number of benzene rings is 3. The van der Waals surface area contributed by atoms with Crippen LogP contribution in [0.5, 0.6) is 0 Å². The summed E-state index contributed by atoms with van der Waals surface area (Å²) in [6, 6.07) is 15.5. The van der Waals surface area contributed by atoms with Crippen molar-refractivity contribution in [2.45, 2.75) is 37.4 Å². The van der Waals surface area contributed by atoms with E-state index in [0.29, 0.717) is 41.3 Å². The molecule has 1 aliphatic rings. The van der Waals surface area contributed by atoms with E-state index in [1.165, 1.54) is 24.4 Å². The van der Waals surface area contributed by atoms with Gasteiger partial charge in [-0.15, -0.1) is 0 Å². The molecule has 208 valence electrons. The van der Waals surface area contributed by atoms with Crippen molar-refractivity contribution in [3.8, 4) is 0 Å². The summed E-state index contributed by atoms with van der Waals surface area (Å²) in [5.74, 6) is -3.39. The first-order chi connectivity index (χ1) is 19.0. The minimum absolute atomic E-state index is 0.0122. The van der Waals surface area contributed by atoms with Crippen LogP contribution in [0.4, 0.5) is 18.9 Å². The Balaban J connectivity index is 1.28. The van der Waals surface area contributed by atoms with E-state index < -0.39 is 27.5 Å². The van der Waals surface area contributed by atoms with Gasteiger partial charge in [0.05, 0.1) is 5.52 Å². The number of rotatable bonds is 6. The monoisotopic (exact) mass is 568 g/mol. The zero-order chi connectivity index (χ0) is 28.6. The van der Waals surface area contributed by atoms with Crippen LogP contribution in [0.1, 0.15) is 29.8 Å². The number of nitrogens with zero attached hydrogens (tertiary/aromatic N) is 3. The van der Waals surface area contributed by atoms with Gasteiger partial charge in [0.2, 0.25) is 0 Å². The van der Waals surface area contributed by atoms with E-state index in [-0.39, 0.29) is 35.0 Å². The molecule has 0 spiro atoms. The van der Waals surface area contributed by atoms with Crippen LogP contribution in [-0.4, -0.2) is 54.3 Å². The number of hydrogen-bond acceptors (Lipinski definition) is 5. The van der Waals surface area contributed by atoms with Gasteiger partial charge in [-0.1, -0.05) is 18.2 Å². The normalized spacial score (nSPS) is 18.2. The van der Waals surface area contributed by atoms with Crippen LogP contribution in [0.2, 0.25) is 0 Å². The summed E-state index contributed by atoms with van der Waals surface area (Å²) in [5, 5.41) is 0.697. The molecule has 1 amide bonds. The molecule has 5 rings (SSSR count). The standard InChI is InChI=1S/C29H27F3N4O3S/c1-18-15-35(17-22-13-23(30)14-25(31)27(22)32)16-19(2)36(18)29(37)21-8-10-24(11-9-21)34-40(38,39)26-7-3-5-20-6-4-12-33-28(20)26/h3-14,18-19,34H,15-17H2,1-2H3. The number of sulfonamides is 1. The minimum Gasteiger partial charge on any atom is -0.331 e. The summed E-state index contributed by atoms with van der Waals surface area (Å²) in [4.78, 5) is 21.2. The number of carbonyl (C=O) groups excluding carboxylic acids is 1. The second-order valence-corrected chi connectivity index (χ2v) is 11.6. The molecule has 1 aromatic heterocycles. The molecule has 0 aliphatic carbocycles. The first-order valence-corrected chi connectivity index (χ1v) is 14.2. The molecule has 1 aliphatic heterocycles. The number of anilines is 1. The average Bonchev–Trinajstić information content (AvgIpc) is 2.91. The number of pyridine rings is 1. The van der Waals surface area contributed by atoms with Crippen molar-refractivity contribution in [2.24, 2.45) is 0 Å². The van der Waals surface area contributed by atoms with Crippen LogP contribution in [0.15, 0.2) is 77.8 Å². The Kier molecular flexibility index (Phi) is 7.52. The zero-order valence-electron chi connectivity index (χ0n) is 21.8. The van der Waals surface area contributed by atoms with Gasteiger partial charge in [-0.2, -0.15) is 0 Å². The van der Waals surface area contributed by atoms with Gasteiger partial charge in [-0.25, -0.2) is 21.6 Å². The van der Waals surface area contributed by atoms with Gasteiger partial charge >= 0.3 is 0 Å². The second kappa shape index (κ2) is 10.9. The van der Waals surface area contributed by atoms with Crippen molar-refractivity contribution in [1.82, 2.24) is 14.8 Å². The van der Waals surface area contributed by atoms with Crippen molar-refractivity contribution < 1.29 is 26.4 Å². The quantitative estimate of drug-likeness (QED) is 0.324. The number of piperazine rings is 1. The molecule has 0 radical (unpaired) electrons. The Hall–Kier alpha value is -3.96. The van der Waals surface area contributed by atoms with Crippen molar-refractivity contribution in [3.63, 3.8) is 0 Å². The Bertz CT molecular complexity index is 1670. The molecule has 2 atom stereocenters. The van der Waals surface area contributed by atoms with E-state index in [0.717, 1.165) is 6.07 Å². The lowest BCUT2D eigenvalue weighted by Crippen LogP contribution is -2.58. The number of carbonyl (C=O) groups is 1. The molecule has 0 bridgehead atoms. The number of aromatic nitrogens is 1. The SMILES string of the molecule is CC1CN(Cc2cc(F)cc(F)c2F)CC(C)N1C(=O)c1ccc(NS(=O)(=O)c2cccc3cccnc23)cc1. The van der Waals surface area contributed by atoms with Crippen LogP contribution < -0.4 is 4.72 Å². The lowest BCUT2D eigenvalue weighted by atomic mass is 10.0. The first kappa shape index (κ1) is 27.6. The third-order valence-electron chi connectivity index (χ3n) is 6.96. The number of nitrogens with one attached hydrogen (secondary N) is 1. The number of fused-ring (bicyclic) bond motifs is 1. The summed E-state index contributed by atoms with van der Waals surface area (Å²) < 4.78 is 70.2. The van der Waals surface area contributed by atoms with Crippen molar-refractivity contribution >= 4 is 32.5 Å². The highest BCUT2D eigenvalue weighted by Gasteiger charge is 2.34. The van der Waals surface area contributed by atoms with Crippen LogP contribution in [0, 0.1) is 17.5 Å². The second-order valence-electron chi connectivity index (χ2n) is 9.98.